The van der Waals surface area contributed by atoms with Crippen LogP contribution in [0, 0.1) is 6.92 Å². The van der Waals surface area contributed by atoms with Gasteiger partial charge in [-0.15, -0.1) is 0 Å². The summed E-state index contributed by atoms with van der Waals surface area (Å²) in [5, 5.41) is 0. The van der Waals surface area contributed by atoms with Gasteiger partial charge in [0.25, 0.3) is 11.8 Å². The van der Waals surface area contributed by atoms with Gasteiger partial charge < -0.3 is 9.15 Å². The third-order valence-corrected chi connectivity index (χ3v) is 2.46. The Morgan fingerprint density at radius 3 is 2.80 bits per heavy atom. The lowest BCUT2D eigenvalue weighted by molar-refractivity contribution is -0.123. The average Bonchev–Trinajstić information content (AvgIpc) is 2.97. The predicted octanol–water partition coefficient (Wildman–Crippen LogP) is 1.43. The Morgan fingerprint density at radius 1 is 1.25 bits per heavy atom. The minimum absolute atomic E-state index is 0.185. The summed E-state index contributed by atoms with van der Waals surface area (Å²) >= 11 is 0. The maximum absolute atomic E-state index is 11.5. The third-order valence-electron chi connectivity index (χ3n) is 2.46. The van der Waals surface area contributed by atoms with Crippen molar-refractivity contribution in [3.8, 4) is 5.75 Å². The van der Waals surface area contributed by atoms with Crippen LogP contribution in [-0.4, -0.2) is 18.4 Å². The van der Waals surface area contributed by atoms with E-state index in [1.54, 1.807) is 6.07 Å². The van der Waals surface area contributed by atoms with Crippen molar-refractivity contribution in [3.63, 3.8) is 0 Å². The summed E-state index contributed by atoms with van der Waals surface area (Å²) in [6, 6.07) is 8.83. The SMILES string of the molecule is Cc1cccc(OCC(=O)NNC(=O)c2ccoc2)c1. The fraction of sp³-hybridized carbons (Fsp3) is 0.143. The first-order valence-electron chi connectivity index (χ1n) is 5.96. The number of aryl methyl sites for hydroxylation is 1. The van der Waals surface area contributed by atoms with Crippen molar-refractivity contribution in [1.29, 1.82) is 0 Å². The van der Waals surface area contributed by atoms with Crippen LogP contribution < -0.4 is 15.6 Å². The molecule has 0 fully saturated rings. The monoisotopic (exact) mass is 274 g/mol. The van der Waals surface area contributed by atoms with Crippen molar-refractivity contribution >= 4 is 11.8 Å². The van der Waals surface area contributed by atoms with E-state index in [0.717, 1.165) is 5.56 Å². The first-order valence-corrected chi connectivity index (χ1v) is 5.96. The number of rotatable bonds is 4. The molecule has 2 rings (SSSR count). The van der Waals surface area contributed by atoms with Gasteiger partial charge in [-0.05, 0) is 30.7 Å². The van der Waals surface area contributed by atoms with E-state index in [1.165, 1.54) is 18.6 Å². The Balaban J connectivity index is 1.74. The molecule has 104 valence electrons. The molecular formula is C14H14N2O4. The standard InChI is InChI=1S/C14H14N2O4/c1-10-3-2-4-12(7-10)20-9-13(17)15-16-14(18)11-5-6-19-8-11/h2-8H,9H2,1H3,(H,15,17)(H,16,18). The van der Waals surface area contributed by atoms with Gasteiger partial charge in [-0.3, -0.25) is 20.4 Å². The maximum atomic E-state index is 11.5. The van der Waals surface area contributed by atoms with Crippen LogP contribution in [0.2, 0.25) is 0 Å². The van der Waals surface area contributed by atoms with Crippen molar-refractivity contribution in [3.05, 3.63) is 54.0 Å². The predicted molar refractivity (Wildman–Crippen MR) is 71.0 cm³/mol. The molecule has 6 heteroatoms. The number of furan rings is 1. The van der Waals surface area contributed by atoms with Crippen molar-refractivity contribution < 1.29 is 18.7 Å². The molecule has 0 aliphatic carbocycles. The topological polar surface area (TPSA) is 80.6 Å². The highest BCUT2D eigenvalue weighted by molar-refractivity contribution is 5.95. The number of carbonyl (C=O) groups excluding carboxylic acids is 2. The van der Waals surface area contributed by atoms with Gasteiger partial charge in [0.15, 0.2) is 6.61 Å². The molecule has 0 aliphatic rings. The Hall–Kier alpha value is -2.76. The number of nitrogens with one attached hydrogen (secondary N) is 2. The lowest BCUT2D eigenvalue weighted by Gasteiger charge is -2.08. The van der Waals surface area contributed by atoms with E-state index in [2.05, 4.69) is 10.9 Å². The summed E-state index contributed by atoms with van der Waals surface area (Å²) in [6.45, 7) is 1.74. The first kappa shape index (κ1) is 13.7. The van der Waals surface area contributed by atoms with Crippen LogP contribution >= 0.6 is 0 Å². The summed E-state index contributed by atoms with van der Waals surface area (Å²) in [6.07, 6.45) is 2.66. The molecule has 1 aromatic carbocycles. The number of ether oxygens (including phenoxy) is 1. The molecule has 0 unspecified atom stereocenters. The number of hydrogen-bond donors (Lipinski definition) is 2. The van der Waals surface area contributed by atoms with Crippen LogP contribution in [-0.2, 0) is 4.79 Å². The lowest BCUT2D eigenvalue weighted by atomic mass is 10.2. The number of benzene rings is 1. The summed E-state index contributed by atoms with van der Waals surface area (Å²) in [7, 11) is 0. The molecule has 2 amide bonds. The minimum atomic E-state index is -0.456. The van der Waals surface area contributed by atoms with Gasteiger partial charge in [0.1, 0.15) is 12.0 Å². The zero-order chi connectivity index (χ0) is 14.4. The van der Waals surface area contributed by atoms with Gasteiger partial charge >= 0.3 is 0 Å². The molecule has 1 heterocycles. The molecule has 2 N–H and O–H groups in total. The number of hydrazine groups is 1. The molecule has 6 nitrogen and oxygen atoms in total. The van der Waals surface area contributed by atoms with E-state index >= 15 is 0 Å². The highest BCUT2D eigenvalue weighted by Crippen LogP contribution is 2.11. The lowest BCUT2D eigenvalue weighted by Crippen LogP contribution is -2.43. The summed E-state index contributed by atoms with van der Waals surface area (Å²) in [5.41, 5.74) is 5.87. The smallest absolute Gasteiger partial charge is 0.276 e. The van der Waals surface area contributed by atoms with E-state index in [-0.39, 0.29) is 6.61 Å². The molecular weight excluding hydrogens is 260 g/mol. The molecule has 0 atom stereocenters. The van der Waals surface area contributed by atoms with Crippen LogP contribution in [0.25, 0.3) is 0 Å². The van der Waals surface area contributed by atoms with Crippen molar-refractivity contribution in [2.75, 3.05) is 6.61 Å². The normalized spacial score (nSPS) is 9.85. The highest BCUT2D eigenvalue weighted by Gasteiger charge is 2.08. The number of hydrogen-bond acceptors (Lipinski definition) is 4. The van der Waals surface area contributed by atoms with E-state index < -0.39 is 11.8 Å². The Bertz CT molecular complexity index is 593. The maximum Gasteiger partial charge on any atom is 0.276 e. The van der Waals surface area contributed by atoms with Crippen LogP contribution in [0.1, 0.15) is 15.9 Å². The molecule has 20 heavy (non-hydrogen) atoms. The quantitative estimate of drug-likeness (QED) is 0.826. The molecule has 0 aliphatic heterocycles. The largest absolute Gasteiger partial charge is 0.484 e. The van der Waals surface area contributed by atoms with Gasteiger partial charge in [-0.1, -0.05) is 12.1 Å². The first-order chi connectivity index (χ1) is 9.65. The molecule has 0 saturated heterocycles. The Labute approximate surface area is 115 Å². The van der Waals surface area contributed by atoms with Gasteiger partial charge in [0.2, 0.25) is 0 Å². The molecule has 0 saturated carbocycles. The zero-order valence-electron chi connectivity index (χ0n) is 10.9. The highest BCUT2D eigenvalue weighted by atomic mass is 16.5. The van der Waals surface area contributed by atoms with E-state index in [0.29, 0.717) is 11.3 Å². The minimum Gasteiger partial charge on any atom is -0.484 e. The third kappa shape index (κ3) is 3.88. The molecule has 0 bridgehead atoms. The Morgan fingerprint density at radius 2 is 2.10 bits per heavy atom. The summed E-state index contributed by atoms with van der Waals surface area (Å²) < 4.78 is 10.1. The second kappa shape index (κ2) is 6.42. The van der Waals surface area contributed by atoms with Crippen molar-refractivity contribution in [1.82, 2.24) is 10.9 Å². The van der Waals surface area contributed by atoms with Crippen LogP contribution in [0.5, 0.6) is 5.75 Å². The van der Waals surface area contributed by atoms with E-state index in [9.17, 15) is 9.59 Å². The van der Waals surface area contributed by atoms with Gasteiger partial charge in [0, 0.05) is 0 Å². The van der Waals surface area contributed by atoms with E-state index in [1.807, 2.05) is 25.1 Å². The summed E-state index contributed by atoms with van der Waals surface area (Å²) in [5.74, 6) is -0.313. The number of amides is 2. The molecule has 1 aromatic heterocycles. The van der Waals surface area contributed by atoms with E-state index in [4.69, 9.17) is 9.15 Å². The number of carbonyl (C=O) groups is 2. The van der Waals surface area contributed by atoms with Gasteiger partial charge in [0.05, 0.1) is 11.8 Å². The zero-order valence-corrected chi connectivity index (χ0v) is 10.9. The Kier molecular flexibility index (Phi) is 4.39. The second-order valence-electron chi connectivity index (χ2n) is 4.12. The second-order valence-corrected chi connectivity index (χ2v) is 4.12. The van der Waals surface area contributed by atoms with Crippen molar-refractivity contribution in [2.45, 2.75) is 6.92 Å². The van der Waals surface area contributed by atoms with Crippen LogP contribution in [0.3, 0.4) is 0 Å². The fourth-order valence-corrected chi connectivity index (χ4v) is 1.48. The molecule has 0 spiro atoms. The summed E-state index contributed by atoms with van der Waals surface area (Å²) in [4.78, 5) is 23.0. The molecule has 0 radical (unpaired) electrons. The average molecular weight is 274 g/mol. The molecule has 2 aromatic rings. The van der Waals surface area contributed by atoms with Crippen LogP contribution in [0.4, 0.5) is 0 Å². The fourth-order valence-electron chi connectivity index (χ4n) is 1.48. The van der Waals surface area contributed by atoms with Gasteiger partial charge in [-0.25, -0.2) is 0 Å². The van der Waals surface area contributed by atoms with Gasteiger partial charge in [-0.2, -0.15) is 0 Å². The van der Waals surface area contributed by atoms with Crippen molar-refractivity contribution in [2.24, 2.45) is 0 Å². The van der Waals surface area contributed by atoms with Crippen LogP contribution in [0.15, 0.2) is 47.3 Å².